The maximum atomic E-state index is 12.1. The number of likely N-dealkylation sites (tertiary alicyclic amines) is 1. The molecule has 1 amide bonds. The molecule has 0 radical (unpaired) electrons. The quantitative estimate of drug-likeness (QED) is 0.928. The van der Waals surface area contributed by atoms with Crippen molar-refractivity contribution in [3.8, 4) is 0 Å². The topological polar surface area (TPSA) is 54.5 Å². The molecule has 2 unspecified atom stereocenters. The maximum Gasteiger partial charge on any atom is 0.410 e. The number of amides is 1. The first kappa shape index (κ1) is 16.2. The molecule has 0 saturated carbocycles. The van der Waals surface area contributed by atoms with Crippen molar-refractivity contribution in [3.63, 3.8) is 0 Å². The number of aromatic nitrogens is 1. The Morgan fingerprint density at radius 3 is 2.95 bits per heavy atom. The Morgan fingerprint density at radius 2 is 2.38 bits per heavy atom. The van der Waals surface area contributed by atoms with Crippen molar-refractivity contribution in [3.05, 3.63) is 16.6 Å². The smallest absolute Gasteiger partial charge is 0.410 e. The first-order chi connectivity index (χ1) is 9.89. The standard InChI is InChI=1S/C15H25N3O2S/c1-15(2,3)20-14(19)18-7-5-11(10-18)12(16-4)9-13-17-6-8-21-13/h6,8,11-12,16H,5,7,9-10H2,1-4H3. The zero-order valence-electron chi connectivity index (χ0n) is 13.3. The predicted molar refractivity (Wildman–Crippen MR) is 84.6 cm³/mol. The fourth-order valence-corrected chi connectivity index (χ4v) is 3.33. The normalized spacial score (nSPS) is 20.6. The van der Waals surface area contributed by atoms with Crippen LogP contribution in [-0.4, -0.2) is 47.8 Å². The SMILES string of the molecule is CNC(Cc1nccs1)C1CCN(C(=O)OC(C)(C)C)C1. The zero-order chi connectivity index (χ0) is 15.5. The Kier molecular flexibility index (Phi) is 5.22. The average molecular weight is 311 g/mol. The van der Waals surface area contributed by atoms with Gasteiger partial charge in [0.05, 0.1) is 5.01 Å². The average Bonchev–Trinajstić information content (AvgIpc) is 3.05. The largest absolute Gasteiger partial charge is 0.444 e. The van der Waals surface area contributed by atoms with Crippen LogP contribution in [0.5, 0.6) is 0 Å². The van der Waals surface area contributed by atoms with Gasteiger partial charge in [0, 0.05) is 37.1 Å². The van der Waals surface area contributed by atoms with E-state index in [1.807, 2.05) is 44.3 Å². The number of ether oxygens (including phenoxy) is 1. The van der Waals surface area contributed by atoms with Crippen LogP contribution in [0.1, 0.15) is 32.2 Å². The van der Waals surface area contributed by atoms with Gasteiger partial charge in [-0.3, -0.25) is 0 Å². The van der Waals surface area contributed by atoms with Crippen LogP contribution in [0.2, 0.25) is 0 Å². The van der Waals surface area contributed by atoms with E-state index in [2.05, 4.69) is 10.3 Å². The van der Waals surface area contributed by atoms with Gasteiger partial charge in [0.15, 0.2) is 0 Å². The van der Waals surface area contributed by atoms with Crippen LogP contribution in [0.15, 0.2) is 11.6 Å². The summed E-state index contributed by atoms with van der Waals surface area (Å²) >= 11 is 1.68. The molecule has 1 fully saturated rings. The zero-order valence-corrected chi connectivity index (χ0v) is 14.1. The Bertz CT molecular complexity index is 456. The van der Waals surface area contributed by atoms with Crippen molar-refractivity contribution in [2.24, 2.45) is 5.92 Å². The Hall–Kier alpha value is -1.14. The highest BCUT2D eigenvalue weighted by molar-refractivity contribution is 7.09. The maximum absolute atomic E-state index is 12.1. The van der Waals surface area contributed by atoms with E-state index in [-0.39, 0.29) is 6.09 Å². The molecule has 1 aromatic rings. The summed E-state index contributed by atoms with van der Waals surface area (Å²) in [5.74, 6) is 0.450. The molecule has 2 atom stereocenters. The number of nitrogens with one attached hydrogen (secondary N) is 1. The molecule has 1 aliphatic heterocycles. The third-order valence-corrected chi connectivity index (χ3v) is 4.50. The van der Waals surface area contributed by atoms with Crippen molar-refractivity contribution < 1.29 is 9.53 Å². The van der Waals surface area contributed by atoms with Gasteiger partial charge in [0.25, 0.3) is 0 Å². The van der Waals surface area contributed by atoms with Crippen LogP contribution in [0.3, 0.4) is 0 Å². The second-order valence-electron chi connectivity index (χ2n) is 6.50. The molecule has 0 bridgehead atoms. The number of hydrogen-bond acceptors (Lipinski definition) is 5. The molecule has 118 valence electrons. The summed E-state index contributed by atoms with van der Waals surface area (Å²) in [4.78, 5) is 18.3. The Labute approximate surface area is 130 Å². The first-order valence-corrected chi connectivity index (χ1v) is 8.30. The first-order valence-electron chi connectivity index (χ1n) is 7.42. The molecule has 0 aromatic carbocycles. The van der Waals surface area contributed by atoms with E-state index < -0.39 is 5.60 Å². The van der Waals surface area contributed by atoms with Crippen molar-refractivity contribution in [1.29, 1.82) is 0 Å². The molecule has 6 heteroatoms. The molecular formula is C15H25N3O2S. The Balaban J connectivity index is 1.89. The third kappa shape index (κ3) is 4.68. The highest BCUT2D eigenvalue weighted by atomic mass is 32.1. The summed E-state index contributed by atoms with van der Waals surface area (Å²) in [5.41, 5.74) is -0.432. The summed E-state index contributed by atoms with van der Waals surface area (Å²) in [6, 6.07) is 0.351. The lowest BCUT2D eigenvalue weighted by atomic mass is 9.96. The molecule has 1 aromatic heterocycles. The van der Waals surface area contributed by atoms with Gasteiger partial charge in [0.2, 0.25) is 0 Å². The van der Waals surface area contributed by atoms with E-state index in [4.69, 9.17) is 4.74 Å². The molecule has 1 saturated heterocycles. The van der Waals surface area contributed by atoms with Crippen LogP contribution >= 0.6 is 11.3 Å². The number of thiazole rings is 1. The second kappa shape index (κ2) is 6.75. The van der Waals surface area contributed by atoms with Crippen LogP contribution in [0, 0.1) is 5.92 Å². The second-order valence-corrected chi connectivity index (χ2v) is 7.48. The van der Waals surface area contributed by atoms with Crippen LogP contribution < -0.4 is 5.32 Å². The highest BCUT2D eigenvalue weighted by Crippen LogP contribution is 2.24. The highest BCUT2D eigenvalue weighted by Gasteiger charge is 2.33. The lowest BCUT2D eigenvalue weighted by Gasteiger charge is -2.26. The van der Waals surface area contributed by atoms with Crippen molar-refractivity contribution in [2.45, 2.75) is 45.3 Å². The predicted octanol–water partition coefficient (Wildman–Crippen LogP) is 2.53. The summed E-state index contributed by atoms with van der Waals surface area (Å²) in [6.07, 6.45) is 3.57. The minimum atomic E-state index is -0.432. The summed E-state index contributed by atoms with van der Waals surface area (Å²) in [7, 11) is 1.98. The van der Waals surface area contributed by atoms with Crippen molar-refractivity contribution in [2.75, 3.05) is 20.1 Å². The van der Waals surface area contributed by atoms with Gasteiger partial charge in [-0.2, -0.15) is 0 Å². The van der Waals surface area contributed by atoms with Gasteiger partial charge in [-0.25, -0.2) is 9.78 Å². The summed E-state index contributed by atoms with van der Waals surface area (Å²) in [6.45, 7) is 7.23. The fourth-order valence-electron chi connectivity index (χ4n) is 2.65. The minimum absolute atomic E-state index is 0.200. The van der Waals surface area contributed by atoms with Crippen molar-refractivity contribution in [1.82, 2.24) is 15.2 Å². The van der Waals surface area contributed by atoms with E-state index in [1.54, 1.807) is 11.3 Å². The lowest BCUT2D eigenvalue weighted by Crippen LogP contribution is -2.39. The van der Waals surface area contributed by atoms with E-state index in [9.17, 15) is 4.79 Å². The molecule has 0 aliphatic carbocycles. The van der Waals surface area contributed by atoms with Gasteiger partial charge in [-0.1, -0.05) is 0 Å². The molecule has 21 heavy (non-hydrogen) atoms. The van der Waals surface area contributed by atoms with Crippen LogP contribution in [0.4, 0.5) is 4.79 Å². The Morgan fingerprint density at radius 1 is 1.62 bits per heavy atom. The van der Waals surface area contributed by atoms with E-state index in [1.165, 1.54) is 0 Å². The van der Waals surface area contributed by atoms with Gasteiger partial charge in [0.1, 0.15) is 5.60 Å². The van der Waals surface area contributed by atoms with Crippen LogP contribution in [-0.2, 0) is 11.2 Å². The molecule has 5 nitrogen and oxygen atoms in total. The molecular weight excluding hydrogens is 286 g/mol. The number of carbonyl (C=O) groups is 1. The van der Waals surface area contributed by atoms with Gasteiger partial charge < -0.3 is 15.0 Å². The number of rotatable bonds is 4. The summed E-state index contributed by atoms with van der Waals surface area (Å²) < 4.78 is 5.45. The number of carbonyl (C=O) groups excluding carboxylic acids is 1. The molecule has 2 heterocycles. The van der Waals surface area contributed by atoms with E-state index in [0.717, 1.165) is 30.9 Å². The minimum Gasteiger partial charge on any atom is -0.444 e. The molecule has 0 spiro atoms. The monoisotopic (exact) mass is 311 g/mol. The fraction of sp³-hybridized carbons (Fsp3) is 0.733. The number of hydrogen-bond donors (Lipinski definition) is 1. The lowest BCUT2D eigenvalue weighted by molar-refractivity contribution is 0.0285. The molecule has 1 N–H and O–H groups in total. The van der Waals surface area contributed by atoms with Crippen molar-refractivity contribution >= 4 is 17.4 Å². The van der Waals surface area contributed by atoms with Crippen LogP contribution in [0.25, 0.3) is 0 Å². The molecule has 1 aliphatic rings. The molecule has 2 rings (SSSR count). The van der Waals surface area contributed by atoms with Gasteiger partial charge >= 0.3 is 6.09 Å². The third-order valence-electron chi connectivity index (χ3n) is 3.69. The number of likely N-dealkylation sites (N-methyl/N-ethyl adjacent to an activating group) is 1. The number of nitrogens with zero attached hydrogens (tertiary/aromatic N) is 2. The van der Waals surface area contributed by atoms with Gasteiger partial charge in [-0.15, -0.1) is 11.3 Å². The van der Waals surface area contributed by atoms with Gasteiger partial charge in [-0.05, 0) is 40.2 Å². The van der Waals surface area contributed by atoms with E-state index in [0.29, 0.717) is 12.0 Å². The van der Waals surface area contributed by atoms with E-state index >= 15 is 0 Å². The summed E-state index contributed by atoms with van der Waals surface area (Å²) in [5, 5.41) is 6.53.